The Labute approximate surface area is 196 Å². The lowest BCUT2D eigenvalue weighted by Crippen LogP contribution is -2.32. The topological polar surface area (TPSA) is 69.0 Å². The Morgan fingerprint density at radius 1 is 1.19 bits per heavy atom. The number of carbonyl (C=O) groups excluding carboxylic acids is 1. The number of rotatable bonds is 10. The molecule has 1 heterocycles. The maximum Gasteiger partial charge on any atom is 0.233 e. The highest BCUT2D eigenvalue weighted by molar-refractivity contribution is 8.00. The third kappa shape index (κ3) is 6.23. The highest BCUT2D eigenvalue weighted by Gasteiger charge is 2.22. The first kappa shape index (κ1) is 23.6. The monoisotopic (exact) mass is 478 g/mol. The lowest BCUT2D eigenvalue weighted by Gasteiger charge is -2.14. The number of nitrogens with zero attached hydrogens (tertiary/aromatic N) is 3. The number of thioether (sulfide) groups is 1. The SMILES string of the molecule is CCOCCCNC(=O)C(C)Sc1nnc(-c2ccc(Cl)cc2Cl)n1-c1ccccc1. The largest absolute Gasteiger partial charge is 0.382 e. The van der Waals surface area contributed by atoms with Gasteiger partial charge in [-0.1, -0.05) is 53.2 Å². The van der Waals surface area contributed by atoms with Gasteiger partial charge in [-0.2, -0.15) is 0 Å². The fourth-order valence-electron chi connectivity index (χ4n) is 2.89. The summed E-state index contributed by atoms with van der Waals surface area (Å²) >= 11 is 13.8. The van der Waals surface area contributed by atoms with Crippen LogP contribution in [0.25, 0.3) is 17.1 Å². The maximum atomic E-state index is 12.5. The summed E-state index contributed by atoms with van der Waals surface area (Å²) in [4.78, 5) is 12.5. The maximum absolute atomic E-state index is 12.5. The standard InChI is InChI=1S/C22H24Cl2N4O2S/c1-3-30-13-7-12-25-21(29)15(2)31-22-27-26-20(18-11-10-16(23)14-19(18)24)28(22)17-8-5-4-6-9-17/h4-6,8-11,14-15H,3,7,12-13H2,1-2H3,(H,25,29). The van der Waals surface area contributed by atoms with Crippen LogP contribution in [0.3, 0.4) is 0 Å². The molecule has 1 unspecified atom stereocenters. The summed E-state index contributed by atoms with van der Waals surface area (Å²) in [5, 5.41) is 13.0. The van der Waals surface area contributed by atoms with Crippen LogP contribution in [0, 0.1) is 0 Å². The van der Waals surface area contributed by atoms with Gasteiger partial charge in [-0.25, -0.2) is 0 Å². The van der Waals surface area contributed by atoms with Gasteiger partial charge in [0.1, 0.15) is 0 Å². The number of hydrogen-bond acceptors (Lipinski definition) is 5. The molecule has 3 rings (SSSR count). The van der Waals surface area contributed by atoms with Crippen molar-refractivity contribution in [2.45, 2.75) is 30.7 Å². The van der Waals surface area contributed by atoms with Crippen molar-refractivity contribution in [1.82, 2.24) is 20.1 Å². The molecule has 9 heteroatoms. The molecule has 1 amide bonds. The summed E-state index contributed by atoms with van der Waals surface area (Å²) in [5.74, 6) is 0.523. The number of para-hydroxylation sites is 1. The quantitative estimate of drug-likeness (QED) is 0.317. The van der Waals surface area contributed by atoms with E-state index in [9.17, 15) is 4.79 Å². The second-order valence-electron chi connectivity index (χ2n) is 6.70. The number of halogens is 2. The smallest absolute Gasteiger partial charge is 0.233 e. The van der Waals surface area contributed by atoms with E-state index in [0.29, 0.717) is 46.3 Å². The fourth-order valence-corrected chi connectivity index (χ4v) is 4.27. The zero-order valence-electron chi connectivity index (χ0n) is 17.3. The minimum atomic E-state index is -0.354. The highest BCUT2D eigenvalue weighted by atomic mass is 35.5. The van der Waals surface area contributed by atoms with Crippen molar-refractivity contribution in [3.8, 4) is 17.1 Å². The fraction of sp³-hybridized carbons (Fsp3) is 0.318. The number of aromatic nitrogens is 3. The van der Waals surface area contributed by atoms with Crippen LogP contribution in [0.4, 0.5) is 0 Å². The van der Waals surface area contributed by atoms with E-state index in [-0.39, 0.29) is 11.2 Å². The summed E-state index contributed by atoms with van der Waals surface area (Å²) in [6.07, 6.45) is 0.774. The summed E-state index contributed by atoms with van der Waals surface area (Å²) in [6.45, 7) is 5.68. The average Bonchev–Trinajstić information content (AvgIpc) is 3.17. The molecule has 0 aliphatic carbocycles. The Kier molecular flexibility index (Phi) is 8.78. The Hall–Kier alpha value is -2.06. The summed E-state index contributed by atoms with van der Waals surface area (Å²) in [6, 6.07) is 15.0. The van der Waals surface area contributed by atoms with E-state index in [1.807, 2.05) is 54.8 Å². The van der Waals surface area contributed by atoms with Gasteiger partial charge in [0.05, 0.1) is 10.3 Å². The lowest BCUT2D eigenvalue weighted by molar-refractivity contribution is -0.120. The predicted octanol–water partition coefficient (Wildman–Crippen LogP) is 5.26. The molecule has 2 aromatic carbocycles. The van der Waals surface area contributed by atoms with Gasteiger partial charge in [0.2, 0.25) is 5.91 Å². The third-order valence-corrected chi connectivity index (χ3v) is 6.03. The van der Waals surface area contributed by atoms with Gasteiger partial charge < -0.3 is 10.1 Å². The molecule has 0 saturated heterocycles. The molecule has 1 atom stereocenters. The molecule has 6 nitrogen and oxygen atoms in total. The second kappa shape index (κ2) is 11.5. The van der Waals surface area contributed by atoms with Crippen LogP contribution in [0.15, 0.2) is 53.7 Å². The van der Waals surface area contributed by atoms with Gasteiger partial charge in [-0.05, 0) is 50.6 Å². The van der Waals surface area contributed by atoms with E-state index in [2.05, 4.69) is 15.5 Å². The van der Waals surface area contributed by atoms with Crippen molar-refractivity contribution in [1.29, 1.82) is 0 Å². The molecule has 0 radical (unpaired) electrons. The van der Waals surface area contributed by atoms with E-state index in [4.69, 9.17) is 27.9 Å². The zero-order chi connectivity index (χ0) is 22.2. The molecular formula is C22H24Cl2N4O2S. The number of hydrogen-bond donors (Lipinski definition) is 1. The minimum Gasteiger partial charge on any atom is -0.382 e. The number of benzene rings is 2. The first-order chi connectivity index (χ1) is 15.0. The van der Waals surface area contributed by atoms with Crippen LogP contribution >= 0.6 is 35.0 Å². The molecule has 0 fully saturated rings. The predicted molar refractivity (Wildman–Crippen MR) is 126 cm³/mol. The van der Waals surface area contributed by atoms with Crippen molar-refractivity contribution in [3.63, 3.8) is 0 Å². The van der Waals surface area contributed by atoms with Crippen molar-refractivity contribution < 1.29 is 9.53 Å². The molecule has 1 N–H and O–H groups in total. The minimum absolute atomic E-state index is 0.0600. The normalized spacial score (nSPS) is 12.0. The Morgan fingerprint density at radius 3 is 2.68 bits per heavy atom. The molecular weight excluding hydrogens is 455 g/mol. The third-order valence-electron chi connectivity index (χ3n) is 4.44. The Morgan fingerprint density at radius 2 is 1.97 bits per heavy atom. The molecule has 0 spiro atoms. The lowest BCUT2D eigenvalue weighted by atomic mass is 10.2. The first-order valence-corrected chi connectivity index (χ1v) is 11.6. The van der Waals surface area contributed by atoms with Crippen molar-refractivity contribution in [2.75, 3.05) is 19.8 Å². The average molecular weight is 479 g/mol. The Bertz CT molecular complexity index is 1010. The molecule has 0 aliphatic rings. The Balaban J connectivity index is 1.84. The van der Waals surface area contributed by atoms with E-state index < -0.39 is 0 Å². The zero-order valence-corrected chi connectivity index (χ0v) is 19.7. The van der Waals surface area contributed by atoms with Crippen LogP contribution in [0.2, 0.25) is 10.0 Å². The summed E-state index contributed by atoms with van der Waals surface area (Å²) in [7, 11) is 0. The van der Waals surface area contributed by atoms with Crippen molar-refractivity contribution >= 4 is 40.9 Å². The van der Waals surface area contributed by atoms with Gasteiger partial charge in [-0.3, -0.25) is 9.36 Å². The van der Waals surface area contributed by atoms with Crippen LogP contribution in [-0.2, 0) is 9.53 Å². The number of carbonyl (C=O) groups is 1. The van der Waals surface area contributed by atoms with Gasteiger partial charge >= 0.3 is 0 Å². The number of ether oxygens (including phenoxy) is 1. The van der Waals surface area contributed by atoms with E-state index >= 15 is 0 Å². The molecule has 0 saturated carbocycles. The molecule has 0 aliphatic heterocycles. The van der Waals surface area contributed by atoms with Crippen LogP contribution in [0.1, 0.15) is 20.3 Å². The molecule has 1 aromatic heterocycles. The first-order valence-electron chi connectivity index (χ1n) is 9.99. The van der Waals surface area contributed by atoms with Crippen molar-refractivity contribution in [3.05, 3.63) is 58.6 Å². The summed E-state index contributed by atoms with van der Waals surface area (Å²) < 4.78 is 7.20. The van der Waals surface area contributed by atoms with Crippen LogP contribution in [0.5, 0.6) is 0 Å². The van der Waals surface area contributed by atoms with Gasteiger partial charge in [0.25, 0.3) is 0 Å². The van der Waals surface area contributed by atoms with Crippen LogP contribution < -0.4 is 5.32 Å². The second-order valence-corrected chi connectivity index (χ2v) is 8.85. The van der Waals surface area contributed by atoms with Crippen molar-refractivity contribution in [2.24, 2.45) is 0 Å². The molecule has 3 aromatic rings. The van der Waals surface area contributed by atoms with Gasteiger partial charge in [-0.15, -0.1) is 10.2 Å². The number of nitrogens with one attached hydrogen (secondary N) is 1. The van der Waals surface area contributed by atoms with Gasteiger partial charge in [0, 0.05) is 36.0 Å². The van der Waals surface area contributed by atoms with Gasteiger partial charge in [0.15, 0.2) is 11.0 Å². The molecule has 0 bridgehead atoms. The molecule has 164 valence electrons. The van der Waals surface area contributed by atoms with Crippen LogP contribution in [-0.4, -0.2) is 45.7 Å². The summed E-state index contributed by atoms with van der Waals surface area (Å²) in [5.41, 5.74) is 1.59. The van der Waals surface area contributed by atoms with E-state index in [1.54, 1.807) is 12.1 Å². The molecule has 31 heavy (non-hydrogen) atoms. The van der Waals surface area contributed by atoms with E-state index in [1.165, 1.54) is 11.8 Å². The highest BCUT2D eigenvalue weighted by Crippen LogP contribution is 2.34. The van der Waals surface area contributed by atoms with E-state index in [0.717, 1.165) is 12.1 Å². The number of amides is 1.